The van der Waals surface area contributed by atoms with Crippen LogP contribution >= 0.6 is 27.3 Å². The van der Waals surface area contributed by atoms with Gasteiger partial charge in [-0.15, -0.1) is 11.3 Å². The van der Waals surface area contributed by atoms with E-state index in [9.17, 15) is 4.79 Å². The van der Waals surface area contributed by atoms with Crippen molar-refractivity contribution in [1.82, 2.24) is 0 Å². The highest BCUT2D eigenvalue weighted by Gasteiger charge is 2.07. The Bertz CT molecular complexity index is 697. The van der Waals surface area contributed by atoms with Crippen LogP contribution in [0.3, 0.4) is 0 Å². The van der Waals surface area contributed by atoms with E-state index in [1.807, 2.05) is 36.4 Å². The van der Waals surface area contributed by atoms with Crippen molar-refractivity contribution in [2.75, 3.05) is 0 Å². The first kappa shape index (κ1) is 13.5. The number of carbonyl (C=O) groups is 1. The molecular formula is C14H9BrN2OS. The van der Waals surface area contributed by atoms with Crippen LogP contribution in [0.15, 0.2) is 46.4 Å². The lowest BCUT2D eigenvalue weighted by atomic mass is 10.2. The molecule has 1 amide bonds. The van der Waals surface area contributed by atoms with Gasteiger partial charge in [-0.05, 0) is 24.3 Å². The number of rotatable bonds is 3. The highest BCUT2D eigenvalue weighted by Crippen LogP contribution is 2.34. The van der Waals surface area contributed by atoms with Gasteiger partial charge in [-0.2, -0.15) is 5.26 Å². The highest BCUT2D eigenvalue weighted by molar-refractivity contribution is 9.10. The zero-order valence-electron chi connectivity index (χ0n) is 9.76. The number of hydrogen-bond donors (Lipinski definition) is 1. The predicted octanol–water partition coefficient (Wildman–Crippen LogP) is 3.57. The van der Waals surface area contributed by atoms with E-state index >= 15 is 0 Å². The number of hydrogen-bond acceptors (Lipinski definition) is 3. The van der Waals surface area contributed by atoms with E-state index in [1.165, 1.54) is 17.4 Å². The Hall–Kier alpha value is -1.90. The van der Waals surface area contributed by atoms with Crippen LogP contribution in [-0.2, 0) is 4.79 Å². The smallest absolute Gasteiger partial charge is 0.259 e. The molecule has 1 heterocycles. The van der Waals surface area contributed by atoms with Crippen molar-refractivity contribution in [3.8, 4) is 16.5 Å². The molecule has 2 N–H and O–H groups in total. The van der Waals surface area contributed by atoms with Gasteiger partial charge in [0, 0.05) is 19.8 Å². The third-order valence-electron chi connectivity index (χ3n) is 2.44. The lowest BCUT2D eigenvalue weighted by molar-refractivity contribution is -0.114. The molecule has 1 aromatic carbocycles. The van der Waals surface area contributed by atoms with E-state index in [-0.39, 0.29) is 5.57 Å². The van der Waals surface area contributed by atoms with E-state index in [4.69, 9.17) is 11.0 Å². The van der Waals surface area contributed by atoms with E-state index in [1.54, 1.807) is 6.07 Å². The van der Waals surface area contributed by atoms with Crippen molar-refractivity contribution in [2.24, 2.45) is 5.73 Å². The van der Waals surface area contributed by atoms with Crippen molar-refractivity contribution in [2.45, 2.75) is 0 Å². The highest BCUT2D eigenvalue weighted by atomic mass is 79.9. The fraction of sp³-hybridized carbons (Fsp3) is 0. The number of nitrogens with zero attached hydrogens (tertiary/aromatic N) is 1. The van der Waals surface area contributed by atoms with Crippen LogP contribution < -0.4 is 5.73 Å². The van der Waals surface area contributed by atoms with Gasteiger partial charge >= 0.3 is 0 Å². The van der Waals surface area contributed by atoms with Crippen molar-refractivity contribution in [1.29, 1.82) is 5.26 Å². The Balaban J connectivity index is 2.38. The molecule has 19 heavy (non-hydrogen) atoms. The summed E-state index contributed by atoms with van der Waals surface area (Å²) in [6.07, 6.45) is 1.51. The summed E-state index contributed by atoms with van der Waals surface area (Å²) < 4.78 is 1.00. The summed E-state index contributed by atoms with van der Waals surface area (Å²) in [7, 11) is 0. The molecule has 0 aliphatic rings. The van der Waals surface area contributed by atoms with Crippen molar-refractivity contribution in [3.05, 3.63) is 51.3 Å². The molecule has 5 heteroatoms. The Morgan fingerprint density at radius 1 is 1.32 bits per heavy atom. The van der Waals surface area contributed by atoms with Gasteiger partial charge in [0.15, 0.2) is 0 Å². The van der Waals surface area contributed by atoms with E-state index in [0.717, 1.165) is 19.8 Å². The van der Waals surface area contributed by atoms with E-state index in [0.29, 0.717) is 0 Å². The number of carbonyl (C=O) groups excluding carboxylic acids is 1. The quantitative estimate of drug-likeness (QED) is 0.689. The normalized spacial score (nSPS) is 11.1. The summed E-state index contributed by atoms with van der Waals surface area (Å²) in [6, 6.07) is 13.5. The molecule has 3 nitrogen and oxygen atoms in total. The van der Waals surface area contributed by atoms with Crippen LogP contribution in [-0.4, -0.2) is 5.91 Å². The number of primary amides is 1. The SMILES string of the molecule is N#CC(=Cc1ccc(-c2ccccc2Br)s1)C(N)=O. The largest absolute Gasteiger partial charge is 0.365 e. The Labute approximate surface area is 123 Å². The molecule has 0 aliphatic heterocycles. The fourth-order valence-corrected chi connectivity index (χ4v) is 3.16. The maximum absolute atomic E-state index is 11.0. The predicted molar refractivity (Wildman–Crippen MR) is 80.2 cm³/mol. The molecule has 0 saturated carbocycles. The molecule has 1 aromatic heterocycles. The van der Waals surface area contributed by atoms with Gasteiger partial charge < -0.3 is 5.73 Å². The van der Waals surface area contributed by atoms with Crippen LogP contribution in [0, 0.1) is 11.3 Å². The summed E-state index contributed by atoms with van der Waals surface area (Å²) >= 11 is 4.99. The molecule has 0 radical (unpaired) electrons. The van der Waals surface area contributed by atoms with Crippen molar-refractivity contribution < 1.29 is 4.79 Å². The molecule has 0 bridgehead atoms. The third-order valence-corrected chi connectivity index (χ3v) is 4.20. The van der Waals surface area contributed by atoms with Gasteiger partial charge in [-0.3, -0.25) is 4.79 Å². The molecule has 0 fully saturated rings. The maximum atomic E-state index is 11.0. The van der Waals surface area contributed by atoms with Crippen LogP contribution in [0.4, 0.5) is 0 Å². The number of thiophene rings is 1. The van der Waals surface area contributed by atoms with Gasteiger partial charge in [0.25, 0.3) is 5.91 Å². The van der Waals surface area contributed by atoms with E-state index < -0.39 is 5.91 Å². The Morgan fingerprint density at radius 3 is 2.68 bits per heavy atom. The Kier molecular flexibility index (Phi) is 4.15. The first-order valence-corrected chi connectivity index (χ1v) is 6.99. The second-order valence-corrected chi connectivity index (χ2v) is 5.69. The lowest BCUT2D eigenvalue weighted by Gasteiger charge is -1.99. The molecular weight excluding hydrogens is 324 g/mol. The zero-order chi connectivity index (χ0) is 13.8. The van der Waals surface area contributed by atoms with Crippen LogP contribution in [0.5, 0.6) is 0 Å². The summed E-state index contributed by atoms with van der Waals surface area (Å²) in [5, 5.41) is 8.80. The zero-order valence-corrected chi connectivity index (χ0v) is 12.2. The minimum atomic E-state index is -0.710. The summed E-state index contributed by atoms with van der Waals surface area (Å²) in [6.45, 7) is 0. The average molecular weight is 333 g/mol. The molecule has 0 spiro atoms. The molecule has 0 unspecified atom stereocenters. The standard InChI is InChI=1S/C14H9BrN2OS/c15-12-4-2-1-3-11(12)13-6-5-10(19-13)7-9(8-16)14(17)18/h1-7H,(H2,17,18). The third kappa shape index (κ3) is 3.11. The van der Waals surface area contributed by atoms with Crippen LogP contribution in [0.25, 0.3) is 16.5 Å². The number of nitriles is 1. The monoisotopic (exact) mass is 332 g/mol. The molecule has 0 saturated heterocycles. The van der Waals surface area contributed by atoms with Crippen molar-refractivity contribution in [3.63, 3.8) is 0 Å². The summed E-state index contributed by atoms with van der Waals surface area (Å²) in [5.74, 6) is -0.710. The summed E-state index contributed by atoms with van der Waals surface area (Å²) in [4.78, 5) is 12.9. The fourth-order valence-electron chi connectivity index (χ4n) is 1.54. The van der Waals surface area contributed by atoms with Gasteiger partial charge in [0.1, 0.15) is 11.6 Å². The molecule has 2 aromatic rings. The van der Waals surface area contributed by atoms with E-state index in [2.05, 4.69) is 15.9 Å². The van der Waals surface area contributed by atoms with Gasteiger partial charge in [0.05, 0.1) is 0 Å². The average Bonchev–Trinajstić information content (AvgIpc) is 2.84. The molecule has 94 valence electrons. The number of benzene rings is 1. The number of halogens is 1. The van der Waals surface area contributed by atoms with Crippen molar-refractivity contribution >= 4 is 39.2 Å². The Morgan fingerprint density at radius 2 is 2.05 bits per heavy atom. The second kappa shape index (κ2) is 5.83. The summed E-state index contributed by atoms with van der Waals surface area (Å²) in [5.41, 5.74) is 6.14. The molecule has 2 rings (SSSR count). The second-order valence-electron chi connectivity index (χ2n) is 3.72. The first-order chi connectivity index (χ1) is 9.11. The molecule has 0 aliphatic carbocycles. The lowest BCUT2D eigenvalue weighted by Crippen LogP contribution is -2.12. The topological polar surface area (TPSA) is 66.9 Å². The van der Waals surface area contributed by atoms with Gasteiger partial charge in [-0.25, -0.2) is 0 Å². The maximum Gasteiger partial charge on any atom is 0.259 e. The number of amides is 1. The van der Waals surface area contributed by atoms with Crippen LogP contribution in [0.1, 0.15) is 4.88 Å². The minimum Gasteiger partial charge on any atom is -0.365 e. The van der Waals surface area contributed by atoms with Gasteiger partial charge in [0.2, 0.25) is 0 Å². The van der Waals surface area contributed by atoms with Gasteiger partial charge in [-0.1, -0.05) is 34.1 Å². The molecule has 0 atom stereocenters. The number of nitrogens with two attached hydrogens (primary N) is 1. The minimum absolute atomic E-state index is 0.0412. The first-order valence-electron chi connectivity index (χ1n) is 5.38. The van der Waals surface area contributed by atoms with Crippen LogP contribution in [0.2, 0.25) is 0 Å².